The molecule has 164 valence electrons. The summed E-state index contributed by atoms with van der Waals surface area (Å²) in [6.45, 7) is 2.21. The van der Waals surface area contributed by atoms with E-state index >= 15 is 0 Å². The second kappa shape index (κ2) is 11.7. The minimum Gasteiger partial charge on any atom is -0.463 e. The summed E-state index contributed by atoms with van der Waals surface area (Å²) in [5.41, 5.74) is 6.17. The predicted octanol–water partition coefficient (Wildman–Crippen LogP) is 5.12. The smallest absolute Gasteiger partial charge is 0.330 e. The molecule has 0 atom stereocenters. The molecule has 0 saturated heterocycles. The van der Waals surface area contributed by atoms with Gasteiger partial charge in [-0.05, 0) is 59.7 Å². The van der Waals surface area contributed by atoms with Crippen LogP contribution in [0.4, 0.5) is 0 Å². The molecular weight excluding hydrogens is 433 g/mol. The van der Waals surface area contributed by atoms with Crippen LogP contribution in [0.15, 0.2) is 85.2 Å². The molecule has 0 amide bonds. The Balaban J connectivity index is 0.00000160. The van der Waals surface area contributed by atoms with Crippen LogP contribution in [-0.2, 0) is 21.4 Å². The van der Waals surface area contributed by atoms with Crippen LogP contribution in [0.2, 0.25) is 0 Å². The Morgan fingerprint density at radius 3 is 2.03 bits per heavy atom. The van der Waals surface area contributed by atoms with Gasteiger partial charge in [0.05, 0.1) is 6.61 Å². The monoisotopic (exact) mass is 459 g/mol. The first-order chi connectivity index (χ1) is 13.7. The van der Waals surface area contributed by atoms with Gasteiger partial charge in [0, 0.05) is 23.9 Å². The van der Waals surface area contributed by atoms with Crippen LogP contribution in [0.5, 0.6) is 0 Å². The van der Waals surface area contributed by atoms with Crippen molar-refractivity contribution >= 4 is 30.8 Å². The predicted molar refractivity (Wildman–Crippen MR) is 129 cm³/mol. The molecule has 0 fully saturated rings. The Labute approximate surface area is 195 Å². The first-order valence-corrected chi connectivity index (χ1v) is 9.66. The summed E-state index contributed by atoms with van der Waals surface area (Å²) in [4.78, 5) is 16.0. The SMILES string of the molecule is CCOC(=O)/C=C/CC1(Cc2ccncc2)c2ccccc2-c2ccccc21.Cl.Cl.O. The summed E-state index contributed by atoms with van der Waals surface area (Å²) in [6.07, 6.45) is 8.76. The standard InChI is InChI=1S/C25H23NO2.2ClH.H2O/c1-2-28-24(27)12-7-15-25(18-19-13-16-26-17-14-19)22-10-5-3-8-20(22)21-9-4-6-11-23(21)25;;;/h3-14,16-17H,2,15,18H2,1H3;2*1H;1H2/b12-7+;;;. The quantitative estimate of drug-likeness (QED) is 0.379. The lowest BCUT2D eigenvalue weighted by molar-refractivity contribution is -0.137. The van der Waals surface area contributed by atoms with Gasteiger partial charge in [0.15, 0.2) is 0 Å². The number of aromatic nitrogens is 1. The molecule has 1 aliphatic rings. The zero-order valence-corrected chi connectivity index (χ0v) is 18.9. The van der Waals surface area contributed by atoms with Crippen molar-refractivity contribution in [1.82, 2.24) is 4.98 Å². The summed E-state index contributed by atoms with van der Waals surface area (Å²) >= 11 is 0. The lowest BCUT2D eigenvalue weighted by atomic mass is 9.71. The van der Waals surface area contributed by atoms with E-state index in [1.54, 1.807) is 6.08 Å². The molecular formula is C25H27Cl2NO3. The van der Waals surface area contributed by atoms with Crippen LogP contribution in [-0.4, -0.2) is 23.0 Å². The topological polar surface area (TPSA) is 70.7 Å². The minimum atomic E-state index is -0.291. The molecule has 3 aromatic rings. The Morgan fingerprint density at radius 2 is 1.48 bits per heavy atom. The van der Waals surface area contributed by atoms with E-state index in [1.165, 1.54) is 27.8 Å². The highest BCUT2D eigenvalue weighted by Crippen LogP contribution is 2.52. The Morgan fingerprint density at radius 1 is 0.935 bits per heavy atom. The van der Waals surface area contributed by atoms with Crippen molar-refractivity contribution in [2.24, 2.45) is 0 Å². The van der Waals surface area contributed by atoms with Gasteiger partial charge in [0.1, 0.15) is 0 Å². The average Bonchev–Trinajstić information content (AvgIpc) is 3.00. The van der Waals surface area contributed by atoms with Gasteiger partial charge in [0.2, 0.25) is 0 Å². The first kappa shape index (κ1) is 26.4. The van der Waals surface area contributed by atoms with Crippen molar-refractivity contribution in [2.75, 3.05) is 6.61 Å². The van der Waals surface area contributed by atoms with Crippen LogP contribution in [0.1, 0.15) is 30.0 Å². The fraction of sp³-hybridized carbons (Fsp3) is 0.200. The van der Waals surface area contributed by atoms with Crippen molar-refractivity contribution in [2.45, 2.75) is 25.2 Å². The number of rotatable bonds is 6. The number of benzene rings is 2. The third-order valence-corrected chi connectivity index (χ3v) is 5.44. The van der Waals surface area contributed by atoms with Crippen molar-refractivity contribution in [3.8, 4) is 11.1 Å². The summed E-state index contributed by atoms with van der Waals surface area (Å²) in [7, 11) is 0. The number of nitrogens with zero attached hydrogens (tertiary/aromatic N) is 1. The zero-order chi connectivity index (χ0) is 19.4. The molecule has 2 N–H and O–H groups in total. The van der Waals surface area contributed by atoms with Crippen LogP contribution >= 0.6 is 24.8 Å². The minimum absolute atomic E-state index is 0. The number of pyridine rings is 1. The molecule has 0 aliphatic heterocycles. The van der Waals surface area contributed by atoms with Crippen LogP contribution in [0, 0.1) is 0 Å². The maximum atomic E-state index is 11.9. The number of esters is 1. The summed E-state index contributed by atoms with van der Waals surface area (Å²) < 4.78 is 5.06. The number of carbonyl (C=O) groups excluding carboxylic acids is 1. The highest BCUT2D eigenvalue weighted by molar-refractivity contribution is 5.86. The van der Waals surface area contributed by atoms with Gasteiger partial charge in [-0.3, -0.25) is 4.98 Å². The van der Waals surface area contributed by atoms with Gasteiger partial charge >= 0.3 is 5.97 Å². The van der Waals surface area contributed by atoms with E-state index in [4.69, 9.17) is 4.74 Å². The summed E-state index contributed by atoms with van der Waals surface area (Å²) in [6, 6.07) is 21.3. The number of hydrogen-bond donors (Lipinski definition) is 0. The largest absolute Gasteiger partial charge is 0.463 e. The number of carbonyl (C=O) groups is 1. The van der Waals surface area contributed by atoms with Gasteiger partial charge in [-0.1, -0.05) is 54.6 Å². The highest BCUT2D eigenvalue weighted by atomic mass is 35.5. The van der Waals surface area contributed by atoms with Gasteiger partial charge in [0.25, 0.3) is 0 Å². The molecule has 31 heavy (non-hydrogen) atoms. The van der Waals surface area contributed by atoms with E-state index in [2.05, 4.69) is 65.6 Å². The van der Waals surface area contributed by atoms with Crippen molar-refractivity contribution in [3.63, 3.8) is 0 Å². The molecule has 0 unspecified atom stereocenters. The lowest BCUT2D eigenvalue weighted by Gasteiger charge is -2.31. The van der Waals surface area contributed by atoms with Crippen LogP contribution in [0.3, 0.4) is 0 Å². The third kappa shape index (κ3) is 5.16. The fourth-order valence-electron chi connectivity index (χ4n) is 4.29. The first-order valence-electron chi connectivity index (χ1n) is 9.66. The molecule has 1 aliphatic carbocycles. The average molecular weight is 460 g/mol. The zero-order valence-electron chi connectivity index (χ0n) is 17.3. The number of ether oxygens (including phenoxy) is 1. The molecule has 0 radical (unpaired) electrons. The van der Waals surface area contributed by atoms with Gasteiger partial charge in [-0.25, -0.2) is 4.79 Å². The maximum absolute atomic E-state index is 11.9. The molecule has 2 aromatic carbocycles. The summed E-state index contributed by atoms with van der Waals surface area (Å²) in [5, 5.41) is 0. The van der Waals surface area contributed by atoms with E-state index in [0.717, 1.165) is 12.8 Å². The molecule has 0 saturated carbocycles. The fourth-order valence-corrected chi connectivity index (χ4v) is 4.29. The van der Waals surface area contributed by atoms with E-state index in [0.29, 0.717) is 6.61 Å². The number of hydrogen-bond acceptors (Lipinski definition) is 3. The molecule has 6 heteroatoms. The van der Waals surface area contributed by atoms with E-state index < -0.39 is 0 Å². The molecule has 0 spiro atoms. The normalized spacial score (nSPS) is 12.5. The highest BCUT2D eigenvalue weighted by Gasteiger charge is 2.42. The van der Waals surface area contributed by atoms with E-state index in [-0.39, 0.29) is 41.7 Å². The molecule has 4 rings (SSSR count). The molecule has 1 heterocycles. The lowest BCUT2D eigenvalue weighted by Crippen LogP contribution is -2.27. The van der Waals surface area contributed by atoms with E-state index in [9.17, 15) is 4.79 Å². The number of fused-ring (bicyclic) bond motifs is 3. The van der Waals surface area contributed by atoms with E-state index in [1.807, 2.05) is 25.4 Å². The molecule has 4 nitrogen and oxygen atoms in total. The van der Waals surface area contributed by atoms with Crippen LogP contribution in [0.25, 0.3) is 11.1 Å². The second-order valence-corrected chi connectivity index (χ2v) is 7.06. The Hall–Kier alpha value is -2.66. The Bertz CT molecular complexity index is 977. The van der Waals surface area contributed by atoms with Crippen molar-refractivity contribution in [1.29, 1.82) is 0 Å². The maximum Gasteiger partial charge on any atom is 0.330 e. The van der Waals surface area contributed by atoms with Gasteiger partial charge < -0.3 is 10.2 Å². The number of halogens is 2. The van der Waals surface area contributed by atoms with Gasteiger partial charge in [-0.2, -0.15) is 0 Å². The Kier molecular flexibility index (Phi) is 9.92. The summed E-state index contributed by atoms with van der Waals surface area (Å²) in [5.74, 6) is -0.291. The molecule has 0 bridgehead atoms. The van der Waals surface area contributed by atoms with Crippen LogP contribution < -0.4 is 0 Å². The van der Waals surface area contributed by atoms with Crippen molar-refractivity contribution in [3.05, 3.63) is 102 Å². The van der Waals surface area contributed by atoms with Gasteiger partial charge in [-0.15, -0.1) is 24.8 Å². The third-order valence-electron chi connectivity index (χ3n) is 5.44. The van der Waals surface area contributed by atoms with Crippen molar-refractivity contribution < 1.29 is 15.0 Å². The second-order valence-electron chi connectivity index (χ2n) is 7.06. The molecule has 1 aromatic heterocycles. The number of allylic oxidation sites excluding steroid dienone is 1.